The highest BCUT2D eigenvalue weighted by molar-refractivity contribution is 6.36. The van der Waals surface area contributed by atoms with Crippen molar-refractivity contribution in [3.63, 3.8) is 0 Å². The predicted octanol–water partition coefficient (Wildman–Crippen LogP) is 4.78. The van der Waals surface area contributed by atoms with Gasteiger partial charge >= 0.3 is 5.69 Å². The molecule has 1 aromatic carbocycles. The van der Waals surface area contributed by atoms with Crippen molar-refractivity contribution >= 4 is 28.9 Å². The Labute approximate surface area is 105 Å². The largest absolute Gasteiger partial charge is 0.343 e. The first-order chi connectivity index (χ1) is 7.42. The number of rotatable bonds is 1. The Morgan fingerprint density at radius 3 is 2.12 bits per heavy atom. The lowest BCUT2D eigenvalue weighted by Gasteiger charge is -2.18. The van der Waals surface area contributed by atoms with Crippen molar-refractivity contribution in [3.05, 3.63) is 32.6 Å². The average Bonchev–Trinajstić information content (AvgIpc) is 2.16. The van der Waals surface area contributed by atoms with Gasteiger partial charge in [0, 0.05) is 17.7 Å². The van der Waals surface area contributed by atoms with Crippen LogP contribution >= 0.6 is 23.2 Å². The molecule has 0 spiro atoms. The maximum absolute atomic E-state index is 9.07. The molecule has 0 aromatic heterocycles. The Hall–Kier alpha value is -1.22. The molecule has 0 atom stereocenters. The lowest BCUT2D eigenvalue weighted by Crippen LogP contribution is -2.15. The zero-order valence-corrected chi connectivity index (χ0v) is 10.8. The minimum atomic E-state index is -0.716. The van der Waals surface area contributed by atoms with E-state index in [4.69, 9.17) is 28.5 Å². The quantitative estimate of drug-likeness (QED) is 0.708. The summed E-state index contributed by atoms with van der Waals surface area (Å²) in [6.07, 6.45) is 0. The molecule has 0 fully saturated rings. The number of hydrogen-bond acceptors (Lipinski definition) is 1. The highest BCUT2D eigenvalue weighted by Gasteiger charge is 2.27. The Morgan fingerprint density at radius 1 is 1.25 bits per heavy atom. The third-order valence-electron chi connectivity index (χ3n) is 2.17. The van der Waals surface area contributed by atoms with Crippen molar-refractivity contribution in [2.24, 2.45) is 0 Å². The zero-order valence-electron chi connectivity index (χ0n) is 9.31. The van der Waals surface area contributed by atoms with E-state index in [0.29, 0.717) is 21.3 Å². The normalized spacial score (nSPS) is 10.2. The van der Waals surface area contributed by atoms with Crippen LogP contribution in [-0.2, 0) is 5.41 Å². The number of hydrogen-bond donors (Lipinski definition) is 0. The maximum atomic E-state index is 9.07. The van der Waals surface area contributed by atoms with Crippen LogP contribution in [0.3, 0.4) is 0 Å². The number of nitriles is 1. The van der Waals surface area contributed by atoms with E-state index in [-0.39, 0.29) is 0 Å². The molecule has 0 unspecified atom stereocenters. The van der Waals surface area contributed by atoms with Crippen molar-refractivity contribution in [1.82, 2.24) is 0 Å². The first-order valence-electron chi connectivity index (χ1n) is 4.70. The van der Waals surface area contributed by atoms with Gasteiger partial charge in [-0.25, -0.2) is 0 Å². The van der Waals surface area contributed by atoms with Crippen molar-refractivity contribution in [1.29, 1.82) is 5.26 Å². The molecule has 0 aliphatic rings. The molecule has 0 heterocycles. The molecular weight excluding hydrogens is 243 g/mol. The van der Waals surface area contributed by atoms with Gasteiger partial charge in [0.05, 0.1) is 28.5 Å². The molecule has 4 heteroatoms. The van der Waals surface area contributed by atoms with Crippen LogP contribution in [0.5, 0.6) is 0 Å². The minimum absolute atomic E-state index is 0.452. The molecule has 1 rings (SSSR count). The van der Waals surface area contributed by atoms with Crippen LogP contribution < -0.4 is 0 Å². The van der Waals surface area contributed by atoms with Crippen LogP contribution in [0.2, 0.25) is 10.0 Å². The molecule has 2 nitrogen and oxygen atoms in total. The summed E-state index contributed by atoms with van der Waals surface area (Å²) in [5.74, 6) is 0. The van der Waals surface area contributed by atoms with Gasteiger partial charge < -0.3 is 0 Å². The van der Waals surface area contributed by atoms with Gasteiger partial charge in [0.1, 0.15) is 0 Å². The molecule has 0 bridgehead atoms. The Bertz CT molecular complexity index is 493. The van der Waals surface area contributed by atoms with Crippen LogP contribution in [0.4, 0.5) is 5.69 Å². The van der Waals surface area contributed by atoms with Crippen molar-refractivity contribution in [2.45, 2.75) is 26.2 Å². The summed E-state index contributed by atoms with van der Waals surface area (Å²) >= 11 is 12.2. The summed E-state index contributed by atoms with van der Waals surface area (Å²) < 4.78 is 0. The molecule has 0 aliphatic heterocycles. The maximum Gasteiger partial charge on any atom is 0.343 e. The highest BCUT2D eigenvalue weighted by atomic mass is 35.5. The van der Waals surface area contributed by atoms with Crippen molar-refractivity contribution < 1.29 is 0 Å². The molecule has 0 N–H and O–H groups in total. The van der Waals surface area contributed by atoms with Crippen LogP contribution in [0.1, 0.15) is 26.3 Å². The molecule has 0 aliphatic carbocycles. The van der Waals surface area contributed by atoms with E-state index in [0.717, 1.165) is 0 Å². The SMILES string of the molecule is CC#[N+]c1cc(Cl)c(C(C)(C)C#N)c(Cl)c1. The van der Waals surface area contributed by atoms with Crippen LogP contribution in [0.25, 0.3) is 4.85 Å². The Morgan fingerprint density at radius 2 is 1.75 bits per heavy atom. The Kier molecular flexibility index (Phi) is 3.81. The standard InChI is InChI=1S/C12H11Cl2N2/c1-4-16-8-5-9(13)11(10(14)6-8)12(2,3)7-15/h5-6H,1-3H3/q+1. The van der Waals surface area contributed by atoms with E-state index in [1.165, 1.54) is 0 Å². The summed E-state index contributed by atoms with van der Waals surface area (Å²) in [5, 5.41) is 9.97. The van der Waals surface area contributed by atoms with E-state index in [2.05, 4.69) is 17.0 Å². The second-order valence-electron chi connectivity index (χ2n) is 3.86. The number of halogens is 2. The van der Waals surface area contributed by atoms with Gasteiger partial charge in [-0.3, -0.25) is 0 Å². The van der Waals surface area contributed by atoms with Gasteiger partial charge in [-0.15, -0.1) is 0 Å². The monoisotopic (exact) mass is 253 g/mol. The fourth-order valence-corrected chi connectivity index (χ4v) is 2.35. The average molecular weight is 254 g/mol. The fourth-order valence-electron chi connectivity index (χ4n) is 1.41. The summed E-state index contributed by atoms with van der Waals surface area (Å²) in [5.41, 5.74) is 0.551. The predicted molar refractivity (Wildman–Crippen MR) is 67.7 cm³/mol. The molecule has 0 saturated heterocycles. The molecular formula is C12H11Cl2N2+. The lowest BCUT2D eigenvalue weighted by molar-refractivity contribution is 0.687. The molecule has 1 aromatic rings. The van der Waals surface area contributed by atoms with Crippen molar-refractivity contribution in [3.8, 4) is 12.1 Å². The van der Waals surface area contributed by atoms with Gasteiger partial charge in [-0.2, -0.15) is 5.26 Å². The number of nitrogens with zero attached hydrogens (tertiary/aromatic N) is 2. The molecule has 82 valence electrons. The van der Waals surface area contributed by atoms with E-state index in [1.807, 2.05) is 0 Å². The third kappa shape index (κ3) is 2.47. The summed E-state index contributed by atoms with van der Waals surface area (Å²) in [6.45, 7) is 5.24. The molecule has 0 saturated carbocycles. The van der Waals surface area contributed by atoms with Gasteiger partial charge in [-0.1, -0.05) is 23.2 Å². The lowest BCUT2D eigenvalue weighted by atomic mass is 9.86. The van der Waals surface area contributed by atoms with Crippen molar-refractivity contribution in [2.75, 3.05) is 0 Å². The van der Waals surface area contributed by atoms with E-state index in [1.54, 1.807) is 32.9 Å². The van der Waals surface area contributed by atoms with E-state index in [9.17, 15) is 0 Å². The van der Waals surface area contributed by atoms with Gasteiger partial charge in [0.2, 0.25) is 0 Å². The summed E-state index contributed by atoms with van der Waals surface area (Å²) in [7, 11) is 0. The first-order valence-corrected chi connectivity index (χ1v) is 5.46. The van der Waals surface area contributed by atoms with Gasteiger partial charge in [0.15, 0.2) is 0 Å². The fraction of sp³-hybridized carbons (Fsp3) is 0.333. The van der Waals surface area contributed by atoms with Gasteiger partial charge in [0.25, 0.3) is 6.07 Å². The summed E-state index contributed by atoms with van der Waals surface area (Å²) in [6, 6.07) is 8.19. The second-order valence-corrected chi connectivity index (χ2v) is 4.67. The Balaban J connectivity index is 3.45. The van der Waals surface area contributed by atoms with E-state index < -0.39 is 5.41 Å². The molecule has 16 heavy (non-hydrogen) atoms. The summed E-state index contributed by atoms with van der Waals surface area (Å²) in [4.78, 5) is 3.98. The minimum Gasteiger partial charge on any atom is -0.197 e. The smallest absolute Gasteiger partial charge is 0.197 e. The van der Waals surface area contributed by atoms with Crippen LogP contribution in [0, 0.1) is 17.4 Å². The van der Waals surface area contributed by atoms with Gasteiger partial charge in [-0.05, 0) is 18.7 Å². The van der Waals surface area contributed by atoms with Crippen LogP contribution in [0.15, 0.2) is 12.1 Å². The zero-order chi connectivity index (χ0) is 12.3. The first kappa shape index (κ1) is 12.8. The number of benzene rings is 1. The highest BCUT2D eigenvalue weighted by Crippen LogP contribution is 2.38. The molecule has 0 radical (unpaired) electrons. The topological polar surface area (TPSA) is 28.1 Å². The third-order valence-corrected chi connectivity index (χ3v) is 2.77. The second kappa shape index (κ2) is 4.74. The van der Waals surface area contributed by atoms with E-state index >= 15 is 0 Å². The molecule has 0 amide bonds. The van der Waals surface area contributed by atoms with Crippen LogP contribution in [-0.4, -0.2) is 0 Å².